The zero-order valence-corrected chi connectivity index (χ0v) is 26.2. The molecular weight excluding hydrogens is 606 g/mol. The third kappa shape index (κ3) is 8.13. The molecule has 6 unspecified atom stereocenters. The van der Waals surface area contributed by atoms with Crippen LogP contribution in [0, 0.1) is 5.92 Å². The van der Waals surface area contributed by atoms with Crippen molar-refractivity contribution in [2.45, 2.75) is 50.0 Å². The normalized spacial score (nSPS) is 23.6. The highest BCUT2D eigenvalue weighted by Crippen LogP contribution is 2.33. The van der Waals surface area contributed by atoms with E-state index in [1.165, 1.54) is 11.8 Å². The standard InChI is InChI=1S/C34H39N5O6S/c1-22-31(36-21-46-22)32(41)38-39(18-24-10-12-25(13-11-24)27-9-5-6-15-35-27)19-29(40)28(17-23-7-3-2-4-8-23)37-34(42)45-30-20-44-33-26(30)14-16-43-33/h2-13,15,26,28-31,33,36,40H,1,14,16-21H2,(H,37,42)(H,38,41). The second-order valence-electron chi connectivity index (χ2n) is 11.6. The molecule has 3 saturated heterocycles. The lowest BCUT2D eigenvalue weighted by Gasteiger charge is -2.31. The molecule has 3 aromatic rings. The number of ether oxygens (including phenoxy) is 3. The van der Waals surface area contributed by atoms with Gasteiger partial charge in [0.1, 0.15) is 12.1 Å². The number of aromatic nitrogens is 1. The summed E-state index contributed by atoms with van der Waals surface area (Å²) in [7, 11) is 0. The minimum absolute atomic E-state index is 0.00452. The van der Waals surface area contributed by atoms with Gasteiger partial charge in [0.2, 0.25) is 0 Å². The van der Waals surface area contributed by atoms with Gasteiger partial charge < -0.3 is 24.6 Å². The van der Waals surface area contributed by atoms with Crippen molar-refractivity contribution in [1.29, 1.82) is 0 Å². The van der Waals surface area contributed by atoms with Crippen LogP contribution in [-0.2, 0) is 32.0 Å². The van der Waals surface area contributed by atoms with Gasteiger partial charge in [-0.3, -0.25) is 20.5 Å². The Hall–Kier alpha value is -3.78. The van der Waals surface area contributed by atoms with E-state index >= 15 is 0 Å². The molecule has 6 atom stereocenters. The second kappa shape index (κ2) is 15.2. The number of carbonyl (C=O) groups excluding carboxylic acids is 2. The van der Waals surface area contributed by atoms with Gasteiger partial charge in [0, 0.05) is 35.6 Å². The number of nitrogens with one attached hydrogen (secondary N) is 3. The zero-order chi connectivity index (χ0) is 31.9. The van der Waals surface area contributed by atoms with E-state index in [4.69, 9.17) is 14.2 Å². The van der Waals surface area contributed by atoms with Gasteiger partial charge in [-0.1, -0.05) is 67.2 Å². The molecule has 0 aliphatic carbocycles. The third-order valence-electron chi connectivity index (χ3n) is 8.40. The van der Waals surface area contributed by atoms with Crippen LogP contribution in [0.2, 0.25) is 0 Å². The molecule has 0 spiro atoms. The number of nitrogens with zero attached hydrogens (tertiary/aromatic N) is 2. The van der Waals surface area contributed by atoms with Crippen LogP contribution in [0.3, 0.4) is 0 Å². The van der Waals surface area contributed by atoms with Crippen LogP contribution in [0.1, 0.15) is 17.5 Å². The molecule has 4 N–H and O–H groups in total. The van der Waals surface area contributed by atoms with Crippen molar-refractivity contribution in [2.24, 2.45) is 5.92 Å². The summed E-state index contributed by atoms with van der Waals surface area (Å²) < 4.78 is 16.9. The number of amides is 2. The van der Waals surface area contributed by atoms with Gasteiger partial charge in [-0.2, -0.15) is 0 Å². The summed E-state index contributed by atoms with van der Waals surface area (Å²) in [5, 5.41) is 19.4. The number of hydrazine groups is 1. The molecule has 0 bridgehead atoms. The molecular formula is C34H39N5O6S. The van der Waals surface area contributed by atoms with E-state index in [1.54, 1.807) is 11.2 Å². The topological polar surface area (TPSA) is 134 Å². The molecule has 0 radical (unpaired) electrons. The van der Waals surface area contributed by atoms with Crippen LogP contribution in [-0.4, -0.2) is 83.3 Å². The van der Waals surface area contributed by atoms with E-state index in [-0.39, 0.29) is 31.3 Å². The van der Waals surface area contributed by atoms with Gasteiger partial charge in [0.05, 0.1) is 37.0 Å². The van der Waals surface area contributed by atoms with E-state index in [2.05, 4.69) is 27.6 Å². The first-order valence-electron chi connectivity index (χ1n) is 15.5. The van der Waals surface area contributed by atoms with Crippen molar-refractivity contribution >= 4 is 23.8 Å². The number of rotatable bonds is 12. The SMILES string of the molecule is C=C1SCNC1C(=O)NN(Cc1ccc(-c2ccccn2)cc1)CC(O)C(Cc1ccccc1)NC(=O)OC1COC2OCCC12. The largest absolute Gasteiger partial charge is 0.443 e. The maximum atomic E-state index is 13.3. The van der Waals surface area contributed by atoms with Crippen molar-refractivity contribution in [1.82, 2.24) is 26.1 Å². The van der Waals surface area contributed by atoms with Gasteiger partial charge >= 0.3 is 6.09 Å². The highest BCUT2D eigenvalue weighted by Gasteiger charge is 2.44. The average molecular weight is 646 g/mol. The smallest absolute Gasteiger partial charge is 0.407 e. The number of alkyl carbamates (subject to hydrolysis) is 1. The fourth-order valence-corrected chi connectivity index (χ4v) is 6.73. The third-order valence-corrected chi connectivity index (χ3v) is 9.32. The zero-order valence-electron chi connectivity index (χ0n) is 25.4. The Balaban J connectivity index is 1.17. The molecule has 0 saturated carbocycles. The fraction of sp³-hybridized carbons (Fsp3) is 0.382. The predicted molar refractivity (Wildman–Crippen MR) is 174 cm³/mol. The number of pyridine rings is 1. The molecule has 2 aromatic carbocycles. The Morgan fingerprint density at radius 3 is 2.63 bits per heavy atom. The molecule has 3 aliphatic heterocycles. The number of hydrogen-bond acceptors (Lipinski definition) is 10. The monoisotopic (exact) mass is 645 g/mol. The fourth-order valence-electron chi connectivity index (χ4n) is 5.93. The lowest BCUT2D eigenvalue weighted by Crippen LogP contribution is -2.55. The highest BCUT2D eigenvalue weighted by molar-refractivity contribution is 8.03. The quantitative estimate of drug-likeness (QED) is 0.218. The van der Waals surface area contributed by atoms with Crippen LogP contribution in [0.5, 0.6) is 0 Å². The van der Waals surface area contributed by atoms with Crippen molar-refractivity contribution in [3.05, 3.63) is 102 Å². The molecule has 46 heavy (non-hydrogen) atoms. The summed E-state index contributed by atoms with van der Waals surface area (Å²) in [6, 6.07) is 22.0. The van der Waals surface area contributed by atoms with E-state index in [9.17, 15) is 14.7 Å². The highest BCUT2D eigenvalue weighted by atomic mass is 32.2. The number of thioether (sulfide) groups is 1. The molecule has 2 amide bonds. The van der Waals surface area contributed by atoms with Crippen LogP contribution in [0.25, 0.3) is 11.3 Å². The minimum Gasteiger partial charge on any atom is -0.443 e. The van der Waals surface area contributed by atoms with Crippen LogP contribution >= 0.6 is 11.8 Å². The first-order chi connectivity index (χ1) is 22.4. The van der Waals surface area contributed by atoms with E-state index in [0.29, 0.717) is 25.4 Å². The molecule has 4 heterocycles. The van der Waals surface area contributed by atoms with Crippen LogP contribution in [0.15, 0.2) is 90.5 Å². The van der Waals surface area contributed by atoms with Crippen LogP contribution < -0.4 is 16.1 Å². The molecule has 12 heteroatoms. The first kappa shape index (κ1) is 32.2. The second-order valence-corrected chi connectivity index (χ2v) is 12.7. The van der Waals surface area contributed by atoms with E-state index in [0.717, 1.165) is 33.7 Å². The van der Waals surface area contributed by atoms with Gasteiger partial charge in [-0.25, -0.2) is 9.80 Å². The number of aliphatic hydroxyl groups excluding tert-OH is 1. The van der Waals surface area contributed by atoms with Gasteiger partial charge in [-0.15, -0.1) is 11.8 Å². The molecule has 242 valence electrons. The van der Waals surface area contributed by atoms with Crippen molar-refractivity contribution in [3.63, 3.8) is 0 Å². The summed E-state index contributed by atoms with van der Waals surface area (Å²) in [5.74, 6) is 0.323. The Kier molecular flexibility index (Phi) is 10.6. The average Bonchev–Trinajstić information content (AvgIpc) is 3.81. The number of carbonyl (C=O) groups is 2. The Bertz CT molecular complexity index is 1480. The lowest BCUT2D eigenvalue weighted by atomic mass is 10.0. The number of benzene rings is 2. The van der Waals surface area contributed by atoms with Crippen molar-refractivity contribution in [3.8, 4) is 11.3 Å². The molecule has 3 aliphatic rings. The molecule has 3 fully saturated rings. The van der Waals surface area contributed by atoms with Crippen LogP contribution in [0.4, 0.5) is 4.79 Å². The van der Waals surface area contributed by atoms with Crippen molar-refractivity contribution < 1.29 is 28.9 Å². The molecule has 1 aromatic heterocycles. The Morgan fingerprint density at radius 1 is 1.09 bits per heavy atom. The molecule has 6 rings (SSSR count). The lowest BCUT2D eigenvalue weighted by molar-refractivity contribution is -0.127. The summed E-state index contributed by atoms with van der Waals surface area (Å²) >= 11 is 1.49. The van der Waals surface area contributed by atoms with E-state index in [1.807, 2.05) is 72.8 Å². The summed E-state index contributed by atoms with van der Waals surface area (Å²) in [6.45, 7) is 5.19. The predicted octanol–water partition coefficient (Wildman–Crippen LogP) is 3.22. The first-order valence-corrected chi connectivity index (χ1v) is 16.4. The summed E-state index contributed by atoms with van der Waals surface area (Å²) in [6.07, 6.45) is 0.395. The van der Waals surface area contributed by atoms with Gasteiger partial charge in [0.25, 0.3) is 5.91 Å². The Morgan fingerprint density at radius 2 is 1.89 bits per heavy atom. The van der Waals surface area contributed by atoms with Crippen molar-refractivity contribution in [2.75, 3.05) is 25.6 Å². The minimum atomic E-state index is -1.07. The number of hydrogen-bond donors (Lipinski definition) is 4. The maximum absolute atomic E-state index is 13.3. The van der Waals surface area contributed by atoms with Gasteiger partial charge in [-0.05, 0) is 36.1 Å². The number of fused-ring (bicyclic) bond motifs is 1. The number of aliphatic hydroxyl groups is 1. The maximum Gasteiger partial charge on any atom is 0.407 e. The summed E-state index contributed by atoms with van der Waals surface area (Å²) in [5.41, 5.74) is 6.67. The Labute approximate surface area is 272 Å². The molecule has 11 nitrogen and oxygen atoms in total. The van der Waals surface area contributed by atoms with Gasteiger partial charge in [0.15, 0.2) is 6.29 Å². The summed E-state index contributed by atoms with van der Waals surface area (Å²) in [4.78, 5) is 31.6. The van der Waals surface area contributed by atoms with E-state index < -0.39 is 30.4 Å².